The number of nitrogens with zero attached hydrogens (tertiary/aromatic N) is 1. The molecule has 1 saturated heterocycles. The Balaban J connectivity index is 1.89. The zero-order chi connectivity index (χ0) is 26.0. The van der Waals surface area contributed by atoms with Crippen LogP contribution in [0.5, 0.6) is 0 Å². The van der Waals surface area contributed by atoms with E-state index >= 15 is 0 Å². The Morgan fingerprint density at radius 2 is 1.91 bits per heavy atom. The van der Waals surface area contributed by atoms with E-state index in [2.05, 4.69) is 27.5 Å². The fraction of sp³-hybridized carbons (Fsp3) is 0.480. The molecule has 10 heteroatoms. The number of hydrogen-bond acceptors (Lipinski definition) is 6. The van der Waals surface area contributed by atoms with Crippen LogP contribution in [0.2, 0.25) is 0 Å². The average molecular weight is 485 g/mol. The van der Waals surface area contributed by atoms with Crippen LogP contribution in [0.15, 0.2) is 41.9 Å². The molecule has 10 nitrogen and oxygen atoms in total. The van der Waals surface area contributed by atoms with Gasteiger partial charge in [-0.3, -0.25) is 19.2 Å². The number of benzene rings is 1. The highest BCUT2D eigenvalue weighted by molar-refractivity contribution is 5.99. The molecule has 0 spiro atoms. The van der Waals surface area contributed by atoms with Gasteiger partial charge in [0, 0.05) is 18.5 Å². The maximum absolute atomic E-state index is 12.8. The van der Waals surface area contributed by atoms with E-state index in [4.69, 9.17) is 11.5 Å². The SMILES string of the molecule is C=CC(N)=NC(=O)CCCC(=O)Nc1ccc(CC(NC(=O)C2NCCC2(C)C)C(=O)CN)cc1. The van der Waals surface area contributed by atoms with Crippen LogP contribution in [-0.4, -0.2) is 54.5 Å². The summed E-state index contributed by atoms with van der Waals surface area (Å²) in [6, 6.07) is 5.91. The van der Waals surface area contributed by atoms with Gasteiger partial charge in [-0.1, -0.05) is 32.6 Å². The highest BCUT2D eigenvalue weighted by Crippen LogP contribution is 2.29. The summed E-state index contributed by atoms with van der Waals surface area (Å²) >= 11 is 0. The summed E-state index contributed by atoms with van der Waals surface area (Å²) in [5, 5.41) is 8.83. The molecule has 2 rings (SSSR count). The molecule has 1 fully saturated rings. The number of ketones is 1. The number of nitrogens with one attached hydrogen (secondary N) is 3. The molecule has 2 atom stereocenters. The van der Waals surface area contributed by atoms with Gasteiger partial charge in [-0.25, -0.2) is 0 Å². The first kappa shape index (κ1) is 27.9. The Hall–Kier alpha value is -3.37. The number of carbonyl (C=O) groups excluding carboxylic acids is 4. The lowest BCUT2D eigenvalue weighted by molar-refractivity contribution is -0.129. The molecule has 1 aromatic carbocycles. The zero-order valence-corrected chi connectivity index (χ0v) is 20.4. The number of Topliss-reactive ketones (excluding diaryl/α,β-unsaturated/α-hetero) is 1. The second kappa shape index (κ2) is 12.9. The first-order valence-corrected chi connectivity index (χ1v) is 11.7. The van der Waals surface area contributed by atoms with Crippen molar-refractivity contribution in [3.05, 3.63) is 42.5 Å². The van der Waals surface area contributed by atoms with Crippen molar-refractivity contribution in [1.82, 2.24) is 10.6 Å². The van der Waals surface area contributed by atoms with Crippen molar-refractivity contribution >= 4 is 35.0 Å². The summed E-state index contributed by atoms with van der Waals surface area (Å²) in [6.07, 6.45) is 3.05. The zero-order valence-electron chi connectivity index (χ0n) is 20.4. The molecular formula is C25H36N6O4. The van der Waals surface area contributed by atoms with Gasteiger partial charge in [-0.15, -0.1) is 0 Å². The predicted octanol–water partition coefficient (Wildman–Crippen LogP) is 0.808. The van der Waals surface area contributed by atoms with Crippen molar-refractivity contribution in [3.8, 4) is 0 Å². The number of amides is 3. The number of amidine groups is 1. The Bertz CT molecular complexity index is 971. The molecule has 1 heterocycles. The largest absolute Gasteiger partial charge is 0.384 e. The maximum Gasteiger partial charge on any atom is 0.247 e. The number of nitrogens with two attached hydrogens (primary N) is 2. The standard InChI is InChI=1S/C25H36N6O4/c1-4-20(27)31-22(34)7-5-6-21(33)29-17-10-8-16(9-11-17)14-18(19(32)15-26)30-24(35)23-25(2,3)12-13-28-23/h4,8-11,18,23,28H,1,5-7,12-15,26H2,2-3H3,(H,29,33)(H,30,35)(H2,27,31,34). The summed E-state index contributed by atoms with van der Waals surface area (Å²) < 4.78 is 0. The van der Waals surface area contributed by atoms with Gasteiger partial charge in [0.2, 0.25) is 17.7 Å². The molecule has 0 aromatic heterocycles. The number of hydrogen-bond donors (Lipinski definition) is 5. The first-order chi connectivity index (χ1) is 16.6. The Labute approximate surface area is 206 Å². The molecule has 1 aliphatic rings. The Morgan fingerprint density at radius 3 is 2.49 bits per heavy atom. The highest BCUT2D eigenvalue weighted by atomic mass is 16.2. The minimum atomic E-state index is -0.735. The number of anilines is 1. The van der Waals surface area contributed by atoms with Gasteiger partial charge in [0.05, 0.1) is 18.6 Å². The van der Waals surface area contributed by atoms with Crippen LogP contribution in [-0.2, 0) is 25.6 Å². The van der Waals surface area contributed by atoms with Crippen LogP contribution in [0.1, 0.15) is 45.1 Å². The van der Waals surface area contributed by atoms with Crippen LogP contribution in [0.3, 0.4) is 0 Å². The highest BCUT2D eigenvalue weighted by Gasteiger charge is 2.40. The third-order valence-corrected chi connectivity index (χ3v) is 6.00. The van der Waals surface area contributed by atoms with Crippen molar-refractivity contribution in [2.75, 3.05) is 18.4 Å². The lowest BCUT2D eigenvalue weighted by Gasteiger charge is -2.27. The van der Waals surface area contributed by atoms with Crippen molar-refractivity contribution in [3.63, 3.8) is 0 Å². The normalized spacial score (nSPS) is 17.9. The van der Waals surface area contributed by atoms with Gasteiger partial charge in [0.15, 0.2) is 5.78 Å². The molecule has 190 valence electrons. The summed E-state index contributed by atoms with van der Waals surface area (Å²) in [5.74, 6) is -1.05. The van der Waals surface area contributed by atoms with Gasteiger partial charge < -0.3 is 27.4 Å². The number of aliphatic imine (C=N–C) groups is 1. The second-order valence-corrected chi connectivity index (χ2v) is 9.29. The van der Waals surface area contributed by atoms with E-state index < -0.39 is 11.9 Å². The van der Waals surface area contributed by atoms with Crippen LogP contribution in [0, 0.1) is 5.41 Å². The van der Waals surface area contributed by atoms with E-state index in [1.54, 1.807) is 24.3 Å². The summed E-state index contributed by atoms with van der Waals surface area (Å²) in [4.78, 5) is 52.6. The minimum Gasteiger partial charge on any atom is -0.384 e. The first-order valence-electron chi connectivity index (χ1n) is 11.7. The molecular weight excluding hydrogens is 448 g/mol. The van der Waals surface area contributed by atoms with Gasteiger partial charge >= 0.3 is 0 Å². The predicted molar refractivity (Wildman–Crippen MR) is 136 cm³/mol. The topological polar surface area (TPSA) is 169 Å². The van der Waals surface area contributed by atoms with Gasteiger partial charge in [-0.05, 0) is 55.0 Å². The van der Waals surface area contributed by atoms with Crippen molar-refractivity contribution < 1.29 is 19.2 Å². The van der Waals surface area contributed by atoms with Crippen molar-refractivity contribution in [1.29, 1.82) is 0 Å². The average Bonchev–Trinajstić information content (AvgIpc) is 3.18. The molecule has 0 saturated carbocycles. The fourth-order valence-electron chi connectivity index (χ4n) is 3.88. The third kappa shape index (κ3) is 8.73. The molecule has 0 bridgehead atoms. The Kier molecular flexibility index (Phi) is 10.3. The molecule has 35 heavy (non-hydrogen) atoms. The summed E-state index contributed by atoms with van der Waals surface area (Å²) in [6.45, 7) is 8.05. The molecule has 3 amide bonds. The van der Waals surface area contributed by atoms with Crippen LogP contribution < -0.4 is 27.4 Å². The summed E-state index contributed by atoms with van der Waals surface area (Å²) in [5.41, 5.74) is 12.2. The molecule has 1 aliphatic heterocycles. The van der Waals surface area contributed by atoms with E-state index in [9.17, 15) is 19.2 Å². The summed E-state index contributed by atoms with van der Waals surface area (Å²) in [7, 11) is 0. The van der Waals surface area contributed by atoms with E-state index in [0.717, 1.165) is 18.5 Å². The van der Waals surface area contributed by atoms with Crippen LogP contribution in [0.25, 0.3) is 0 Å². The molecule has 2 unspecified atom stereocenters. The fourth-order valence-corrected chi connectivity index (χ4v) is 3.88. The van der Waals surface area contributed by atoms with E-state index in [1.807, 2.05) is 13.8 Å². The monoisotopic (exact) mass is 484 g/mol. The Morgan fingerprint density at radius 1 is 1.23 bits per heavy atom. The van der Waals surface area contributed by atoms with E-state index in [-0.39, 0.29) is 54.3 Å². The number of rotatable bonds is 12. The van der Waals surface area contributed by atoms with Crippen LogP contribution in [0.4, 0.5) is 5.69 Å². The third-order valence-electron chi connectivity index (χ3n) is 6.00. The lowest BCUT2D eigenvalue weighted by atomic mass is 9.84. The van der Waals surface area contributed by atoms with Crippen molar-refractivity contribution in [2.24, 2.45) is 21.9 Å². The van der Waals surface area contributed by atoms with Crippen LogP contribution >= 0.6 is 0 Å². The quantitative estimate of drug-likeness (QED) is 0.216. The maximum atomic E-state index is 12.8. The van der Waals surface area contributed by atoms with Crippen molar-refractivity contribution in [2.45, 2.75) is 58.0 Å². The van der Waals surface area contributed by atoms with Gasteiger partial charge in [0.1, 0.15) is 5.84 Å². The van der Waals surface area contributed by atoms with Gasteiger partial charge in [-0.2, -0.15) is 4.99 Å². The second-order valence-electron chi connectivity index (χ2n) is 9.29. The molecule has 7 N–H and O–H groups in total. The van der Waals surface area contributed by atoms with E-state index in [1.165, 1.54) is 6.08 Å². The smallest absolute Gasteiger partial charge is 0.247 e. The van der Waals surface area contributed by atoms with E-state index in [0.29, 0.717) is 18.5 Å². The number of carbonyl (C=O) groups is 4. The molecule has 0 radical (unpaired) electrons. The molecule has 1 aromatic rings. The lowest BCUT2D eigenvalue weighted by Crippen LogP contribution is -2.53. The molecule has 0 aliphatic carbocycles. The minimum absolute atomic E-state index is 0.0496. The van der Waals surface area contributed by atoms with Gasteiger partial charge in [0.25, 0.3) is 0 Å².